The van der Waals surface area contributed by atoms with Crippen molar-refractivity contribution in [3.63, 3.8) is 0 Å². The number of sulfonamides is 1. The van der Waals surface area contributed by atoms with Crippen LogP contribution in [0.4, 0.5) is 0 Å². The van der Waals surface area contributed by atoms with Crippen LogP contribution in [0.25, 0.3) is 0 Å². The van der Waals surface area contributed by atoms with Crippen molar-refractivity contribution in [2.24, 2.45) is 5.73 Å². The molecule has 1 aromatic carbocycles. The van der Waals surface area contributed by atoms with E-state index in [0.29, 0.717) is 5.75 Å². The molecule has 0 amide bonds. The van der Waals surface area contributed by atoms with Crippen molar-refractivity contribution in [2.75, 3.05) is 27.2 Å². The van der Waals surface area contributed by atoms with Crippen LogP contribution in [0, 0.1) is 13.8 Å². The van der Waals surface area contributed by atoms with Gasteiger partial charge >= 0.3 is 0 Å². The summed E-state index contributed by atoms with van der Waals surface area (Å²) in [6.45, 7) is 4.24. The van der Waals surface area contributed by atoms with Crippen molar-refractivity contribution in [3.8, 4) is 5.75 Å². The lowest BCUT2D eigenvalue weighted by Gasteiger charge is -2.19. The maximum absolute atomic E-state index is 12.4. The highest BCUT2D eigenvalue weighted by molar-refractivity contribution is 7.89. The van der Waals surface area contributed by atoms with Crippen molar-refractivity contribution in [3.05, 3.63) is 23.3 Å². The van der Waals surface area contributed by atoms with Crippen LogP contribution in [0.5, 0.6) is 5.75 Å². The van der Waals surface area contributed by atoms with Gasteiger partial charge in [0.1, 0.15) is 10.6 Å². The number of nitrogens with two attached hydrogens (primary N) is 1. The fourth-order valence-corrected chi connectivity index (χ4v) is 3.33. The van der Waals surface area contributed by atoms with E-state index in [0.717, 1.165) is 11.1 Å². The first-order chi connectivity index (χ1) is 8.34. The van der Waals surface area contributed by atoms with Gasteiger partial charge in [0.05, 0.1) is 7.11 Å². The molecule has 0 saturated carbocycles. The van der Waals surface area contributed by atoms with Crippen LogP contribution in [0.3, 0.4) is 0 Å². The van der Waals surface area contributed by atoms with E-state index < -0.39 is 10.0 Å². The lowest BCUT2D eigenvalue weighted by molar-refractivity contribution is 0.395. The molecule has 0 unspecified atom stereocenters. The average molecular weight is 272 g/mol. The maximum atomic E-state index is 12.4. The Morgan fingerprint density at radius 1 is 1.33 bits per heavy atom. The second-order valence-corrected chi connectivity index (χ2v) is 6.24. The van der Waals surface area contributed by atoms with Gasteiger partial charge in [-0.2, -0.15) is 4.31 Å². The topological polar surface area (TPSA) is 72.6 Å². The fourth-order valence-electron chi connectivity index (χ4n) is 1.84. The number of ether oxygens (including phenoxy) is 1. The molecular formula is C12H20N2O3S. The minimum atomic E-state index is -3.56. The van der Waals surface area contributed by atoms with Gasteiger partial charge in [-0.25, -0.2) is 8.42 Å². The molecule has 6 heteroatoms. The van der Waals surface area contributed by atoms with Crippen LogP contribution in [-0.4, -0.2) is 40.0 Å². The quantitative estimate of drug-likeness (QED) is 0.864. The normalized spacial score (nSPS) is 11.9. The Kier molecular flexibility index (Phi) is 4.72. The Balaban J connectivity index is 3.40. The second kappa shape index (κ2) is 5.69. The van der Waals surface area contributed by atoms with E-state index in [1.54, 1.807) is 6.07 Å². The van der Waals surface area contributed by atoms with Gasteiger partial charge in [0.15, 0.2) is 0 Å². The first kappa shape index (κ1) is 14.9. The molecule has 0 aliphatic carbocycles. The molecule has 0 heterocycles. The van der Waals surface area contributed by atoms with Crippen molar-refractivity contribution in [1.29, 1.82) is 0 Å². The van der Waals surface area contributed by atoms with Crippen LogP contribution in [0.2, 0.25) is 0 Å². The Morgan fingerprint density at radius 2 is 1.94 bits per heavy atom. The first-order valence-electron chi connectivity index (χ1n) is 5.66. The van der Waals surface area contributed by atoms with Crippen molar-refractivity contribution in [2.45, 2.75) is 18.7 Å². The van der Waals surface area contributed by atoms with Gasteiger partial charge in [-0.1, -0.05) is 6.07 Å². The lowest BCUT2D eigenvalue weighted by atomic mass is 10.1. The fraction of sp³-hybridized carbons (Fsp3) is 0.500. The van der Waals surface area contributed by atoms with Crippen LogP contribution in [0.1, 0.15) is 11.1 Å². The van der Waals surface area contributed by atoms with Crippen LogP contribution in [-0.2, 0) is 10.0 Å². The summed E-state index contributed by atoms with van der Waals surface area (Å²) in [6.07, 6.45) is 0. The Bertz CT molecular complexity index is 526. The molecule has 1 rings (SSSR count). The van der Waals surface area contributed by atoms with E-state index in [-0.39, 0.29) is 18.0 Å². The number of benzene rings is 1. The van der Waals surface area contributed by atoms with Crippen molar-refractivity contribution >= 4 is 10.0 Å². The van der Waals surface area contributed by atoms with E-state index >= 15 is 0 Å². The minimum absolute atomic E-state index is 0.193. The van der Waals surface area contributed by atoms with Crippen LogP contribution in [0.15, 0.2) is 17.0 Å². The second-order valence-electron chi connectivity index (χ2n) is 4.23. The zero-order valence-electron chi connectivity index (χ0n) is 11.2. The molecule has 0 aliphatic heterocycles. The van der Waals surface area contributed by atoms with Gasteiger partial charge in [-0.05, 0) is 31.0 Å². The summed E-state index contributed by atoms with van der Waals surface area (Å²) in [5, 5.41) is 0. The smallest absolute Gasteiger partial charge is 0.246 e. The maximum Gasteiger partial charge on any atom is 0.246 e. The van der Waals surface area contributed by atoms with E-state index in [4.69, 9.17) is 10.5 Å². The third-order valence-corrected chi connectivity index (χ3v) is 4.58. The highest BCUT2D eigenvalue weighted by atomic mass is 32.2. The Hall–Kier alpha value is -1.11. The summed E-state index contributed by atoms with van der Waals surface area (Å²) in [5.74, 6) is 0.393. The molecule has 102 valence electrons. The summed E-state index contributed by atoms with van der Waals surface area (Å²) in [7, 11) is -0.576. The molecule has 0 atom stereocenters. The molecule has 0 aromatic heterocycles. The molecule has 0 bridgehead atoms. The first-order valence-corrected chi connectivity index (χ1v) is 7.10. The molecule has 1 aromatic rings. The zero-order valence-corrected chi connectivity index (χ0v) is 12.0. The van der Waals surface area contributed by atoms with Gasteiger partial charge in [0.2, 0.25) is 10.0 Å². The molecular weight excluding hydrogens is 252 g/mol. The Morgan fingerprint density at radius 3 is 2.44 bits per heavy atom. The zero-order chi connectivity index (χ0) is 13.9. The molecule has 5 nitrogen and oxygen atoms in total. The van der Waals surface area contributed by atoms with Gasteiger partial charge in [0, 0.05) is 20.1 Å². The van der Waals surface area contributed by atoms with E-state index in [2.05, 4.69) is 0 Å². The van der Waals surface area contributed by atoms with E-state index in [9.17, 15) is 8.42 Å². The molecule has 18 heavy (non-hydrogen) atoms. The third kappa shape index (κ3) is 2.82. The molecule has 0 radical (unpaired) electrons. The standard InChI is InChI=1S/C12H20N2O3S/c1-9-7-10(2)12(17-4)11(8-9)18(15,16)14(3)6-5-13/h7-8H,5-6,13H2,1-4H3. The van der Waals surface area contributed by atoms with Crippen LogP contribution < -0.4 is 10.5 Å². The summed E-state index contributed by atoms with van der Waals surface area (Å²) in [6, 6.07) is 3.51. The van der Waals surface area contributed by atoms with E-state index in [1.165, 1.54) is 18.5 Å². The molecule has 0 fully saturated rings. The number of nitrogens with zero attached hydrogens (tertiary/aromatic N) is 1. The molecule has 0 spiro atoms. The van der Waals surface area contributed by atoms with Crippen LogP contribution >= 0.6 is 0 Å². The SMILES string of the molecule is COc1c(C)cc(C)cc1S(=O)(=O)N(C)CCN. The molecule has 2 N–H and O–H groups in total. The Labute approximate surface area is 109 Å². The number of methoxy groups -OCH3 is 1. The lowest BCUT2D eigenvalue weighted by Crippen LogP contribution is -2.32. The third-order valence-electron chi connectivity index (χ3n) is 2.72. The predicted octanol–water partition coefficient (Wildman–Crippen LogP) is 0.891. The summed E-state index contributed by atoms with van der Waals surface area (Å²) < 4.78 is 31.2. The average Bonchev–Trinajstić information content (AvgIpc) is 2.28. The monoisotopic (exact) mass is 272 g/mol. The predicted molar refractivity (Wildman–Crippen MR) is 71.3 cm³/mol. The summed E-state index contributed by atoms with van der Waals surface area (Å²) in [4.78, 5) is 0.193. The number of hydrogen-bond acceptors (Lipinski definition) is 4. The molecule has 0 aliphatic rings. The van der Waals surface area contributed by atoms with E-state index in [1.807, 2.05) is 19.9 Å². The van der Waals surface area contributed by atoms with Gasteiger partial charge in [0.25, 0.3) is 0 Å². The summed E-state index contributed by atoms with van der Waals surface area (Å²) >= 11 is 0. The largest absolute Gasteiger partial charge is 0.495 e. The highest BCUT2D eigenvalue weighted by Crippen LogP contribution is 2.30. The number of likely N-dealkylation sites (N-methyl/N-ethyl adjacent to an activating group) is 1. The summed E-state index contributed by atoms with van der Waals surface area (Å²) in [5.41, 5.74) is 7.08. The number of aryl methyl sites for hydroxylation is 2. The van der Waals surface area contributed by atoms with Gasteiger partial charge in [-0.3, -0.25) is 0 Å². The van der Waals surface area contributed by atoms with Crippen molar-refractivity contribution < 1.29 is 13.2 Å². The minimum Gasteiger partial charge on any atom is -0.495 e. The molecule has 0 saturated heterocycles. The highest BCUT2D eigenvalue weighted by Gasteiger charge is 2.25. The van der Waals surface area contributed by atoms with Gasteiger partial charge < -0.3 is 10.5 Å². The number of rotatable bonds is 5. The van der Waals surface area contributed by atoms with Gasteiger partial charge in [-0.15, -0.1) is 0 Å². The number of hydrogen-bond donors (Lipinski definition) is 1. The van der Waals surface area contributed by atoms with Crippen molar-refractivity contribution in [1.82, 2.24) is 4.31 Å².